The van der Waals surface area contributed by atoms with Crippen LogP contribution in [0.25, 0.3) is 6.08 Å². The highest BCUT2D eigenvalue weighted by molar-refractivity contribution is 7.98. The number of carbonyl (C=O) groups excluding carboxylic acids is 1. The van der Waals surface area contributed by atoms with Crippen LogP contribution in [0.15, 0.2) is 96.2 Å². The molecule has 1 aliphatic heterocycles. The fourth-order valence-corrected chi connectivity index (χ4v) is 5.53. The van der Waals surface area contributed by atoms with Crippen molar-refractivity contribution in [2.45, 2.75) is 17.5 Å². The minimum atomic E-state index is -0.300. The summed E-state index contributed by atoms with van der Waals surface area (Å²) in [5.41, 5.74) is 3.59. The Labute approximate surface area is 249 Å². The minimum absolute atomic E-state index is 0.183. The quantitative estimate of drug-likeness (QED) is 0.133. The van der Waals surface area contributed by atoms with E-state index in [1.165, 1.54) is 29.5 Å². The number of carbonyl (C=O) groups is 1. The lowest BCUT2D eigenvalue weighted by atomic mass is 10.1. The number of piperazine rings is 1. The van der Waals surface area contributed by atoms with Gasteiger partial charge < -0.3 is 10.2 Å². The molecule has 0 aliphatic carbocycles. The molecule has 5 rings (SSSR count). The van der Waals surface area contributed by atoms with E-state index in [0.717, 1.165) is 49.7 Å². The van der Waals surface area contributed by atoms with E-state index in [1.807, 2.05) is 42.5 Å². The van der Waals surface area contributed by atoms with Gasteiger partial charge in [0.15, 0.2) is 5.16 Å². The molecular weight excluding hydrogens is 557 g/mol. The molecule has 3 aromatic carbocycles. The van der Waals surface area contributed by atoms with Gasteiger partial charge >= 0.3 is 0 Å². The maximum absolute atomic E-state index is 13.1. The van der Waals surface area contributed by atoms with Crippen LogP contribution in [0.3, 0.4) is 0 Å². The number of nitrogens with zero attached hydrogens (tertiary/aromatic N) is 4. The van der Waals surface area contributed by atoms with E-state index < -0.39 is 0 Å². The third kappa shape index (κ3) is 8.63. The highest BCUT2D eigenvalue weighted by Gasteiger charge is 2.19. The summed E-state index contributed by atoms with van der Waals surface area (Å²) in [4.78, 5) is 26.6. The Balaban J connectivity index is 1.12. The van der Waals surface area contributed by atoms with Crippen molar-refractivity contribution >= 4 is 41.2 Å². The SMILES string of the molecule is O=C(NCc1ccc(F)cc1)c1cccc(CSc2nc(Cl)cc(N3CCN(C/C=C/c4ccccc4)CC3)n2)c1. The Hall–Kier alpha value is -3.72. The van der Waals surface area contributed by atoms with Gasteiger partial charge in [0.1, 0.15) is 16.8 Å². The van der Waals surface area contributed by atoms with Crippen LogP contribution in [0.4, 0.5) is 10.2 Å². The Morgan fingerprint density at radius 3 is 2.49 bits per heavy atom. The summed E-state index contributed by atoms with van der Waals surface area (Å²) < 4.78 is 13.1. The number of nitrogens with one attached hydrogen (secondary N) is 1. The second kappa shape index (κ2) is 14.3. The van der Waals surface area contributed by atoms with Crippen molar-refractivity contribution in [2.75, 3.05) is 37.6 Å². The lowest BCUT2D eigenvalue weighted by Crippen LogP contribution is -2.46. The fraction of sp³-hybridized carbons (Fsp3) is 0.219. The summed E-state index contributed by atoms with van der Waals surface area (Å²) in [5, 5.41) is 3.91. The van der Waals surface area contributed by atoms with Crippen LogP contribution in [0, 0.1) is 5.82 Å². The van der Waals surface area contributed by atoms with Gasteiger partial charge in [0.25, 0.3) is 5.91 Å². The van der Waals surface area contributed by atoms with Crippen molar-refractivity contribution in [3.8, 4) is 0 Å². The molecule has 1 aliphatic rings. The number of hydrogen-bond donors (Lipinski definition) is 1. The van der Waals surface area contributed by atoms with Crippen molar-refractivity contribution in [1.29, 1.82) is 0 Å². The lowest BCUT2D eigenvalue weighted by Gasteiger charge is -2.35. The Morgan fingerprint density at radius 2 is 1.71 bits per heavy atom. The van der Waals surface area contributed by atoms with Crippen LogP contribution in [0.1, 0.15) is 27.0 Å². The summed E-state index contributed by atoms with van der Waals surface area (Å²) >= 11 is 7.87. The summed E-state index contributed by atoms with van der Waals surface area (Å²) in [6.45, 7) is 4.86. The van der Waals surface area contributed by atoms with Crippen LogP contribution < -0.4 is 10.2 Å². The molecule has 0 atom stereocenters. The summed E-state index contributed by atoms with van der Waals surface area (Å²) in [5.74, 6) is 0.949. The molecule has 2 heterocycles. The molecule has 4 aromatic rings. The molecule has 0 saturated carbocycles. The maximum atomic E-state index is 13.1. The Bertz CT molecular complexity index is 1480. The lowest BCUT2D eigenvalue weighted by molar-refractivity contribution is 0.0951. The monoisotopic (exact) mass is 587 g/mol. The van der Waals surface area contributed by atoms with E-state index in [-0.39, 0.29) is 11.7 Å². The van der Waals surface area contributed by atoms with Crippen molar-refractivity contribution in [2.24, 2.45) is 0 Å². The molecule has 1 N–H and O–H groups in total. The van der Waals surface area contributed by atoms with E-state index in [1.54, 1.807) is 18.2 Å². The molecule has 1 amide bonds. The smallest absolute Gasteiger partial charge is 0.251 e. The highest BCUT2D eigenvalue weighted by Crippen LogP contribution is 2.25. The highest BCUT2D eigenvalue weighted by atomic mass is 35.5. The number of thioether (sulfide) groups is 1. The van der Waals surface area contributed by atoms with Crippen LogP contribution in [-0.2, 0) is 12.3 Å². The number of benzene rings is 3. The molecule has 0 radical (unpaired) electrons. The van der Waals surface area contributed by atoms with Gasteiger partial charge in [0.2, 0.25) is 0 Å². The van der Waals surface area contributed by atoms with Gasteiger partial charge in [-0.15, -0.1) is 0 Å². The number of hydrogen-bond acceptors (Lipinski definition) is 6. The first-order valence-electron chi connectivity index (χ1n) is 13.5. The average Bonchev–Trinajstić information content (AvgIpc) is 3.00. The molecular formula is C32H31ClFN5OS. The maximum Gasteiger partial charge on any atom is 0.251 e. The van der Waals surface area contributed by atoms with Crippen molar-refractivity contribution in [3.05, 3.63) is 124 Å². The van der Waals surface area contributed by atoms with Gasteiger partial charge in [0, 0.05) is 56.7 Å². The number of amides is 1. The zero-order valence-corrected chi connectivity index (χ0v) is 24.1. The normalized spacial score (nSPS) is 14.0. The van der Waals surface area contributed by atoms with E-state index in [2.05, 4.69) is 44.4 Å². The van der Waals surface area contributed by atoms with E-state index >= 15 is 0 Å². The molecule has 1 aromatic heterocycles. The Kier molecular flexibility index (Phi) is 10.0. The van der Waals surface area contributed by atoms with Gasteiger partial charge in [-0.1, -0.05) is 90.1 Å². The first-order valence-corrected chi connectivity index (χ1v) is 14.9. The molecule has 210 valence electrons. The number of aromatic nitrogens is 2. The summed E-state index contributed by atoms with van der Waals surface area (Å²) in [6, 6.07) is 25.7. The number of halogens is 2. The van der Waals surface area contributed by atoms with Gasteiger partial charge in [0.05, 0.1) is 0 Å². The third-order valence-electron chi connectivity index (χ3n) is 6.75. The van der Waals surface area contributed by atoms with Crippen molar-refractivity contribution in [3.63, 3.8) is 0 Å². The largest absolute Gasteiger partial charge is 0.354 e. The third-order valence-corrected chi connectivity index (χ3v) is 7.87. The van der Waals surface area contributed by atoms with Gasteiger partial charge in [-0.3, -0.25) is 9.69 Å². The molecule has 0 unspecified atom stereocenters. The summed E-state index contributed by atoms with van der Waals surface area (Å²) in [7, 11) is 0. The fourth-order valence-electron chi connectivity index (χ4n) is 4.51. The molecule has 41 heavy (non-hydrogen) atoms. The second-order valence-corrected chi connectivity index (χ2v) is 11.1. The zero-order chi connectivity index (χ0) is 28.4. The van der Waals surface area contributed by atoms with Crippen LogP contribution >= 0.6 is 23.4 Å². The second-order valence-electron chi connectivity index (χ2n) is 9.73. The average molecular weight is 588 g/mol. The first-order chi connectivity index (χ1) is 20.0. The van der Waals surface area contributed by atoms with Gasteiger partial charge in [-0.25, -0.2) is 14.4 Å². The van der Waals surface area contributed by atoms with Crippen LogP contribution in [0.2, 0.25) is 5.15 Å². The van der Waals surface area contributed by atoms with Gasteiger partial charge in [-0.05, 0) is 41.0 Å². The predicted molar refractivity (Wildman–Crippen MR) is 165 cm³/mol. The van der Waals surface area contributed by atoms with Crippen molar-refractivity contribution < 1.29 is 9.18 Å². The molecule has 1 saturated heterocycles. The number of rotatable bonds is 10. The number of anilines is 1. The van der Waals surface area contributed by atoms with Crippen LogP contribution in [-0.4, -0.2) is 53.5 Å². The first kappa shape index (κ1) is 28.8. The Morgan fingerprint density at radius 1 is 0.927 bits per heavy atom. The van der Waals surface area contributed by atoms with Gasteiger partial charge in [-0.2, -0.15) is 0 Å². The molecule has 9 heteroatoms. The predicted octanol–water partition coefficient (Wildman–Crippen LogP) is 6.33. The van der Waals surface area contributed by atoms with Crippen molar-refractivity contribution in [1.82, 2.24) is 20.2 Å². The molecule has 1 fully saturated rings. The van der Waals surface area contributed by atoms with E-state index in [9.17, 15) is 9.18 Å². The standard InChI is InChI=1S/C32H31ClFN5OS/c33-29-21-30(39-18-16-38(17-19-39)15-5-9-24-6-2-1-3-7-24)37-32(36-29)41-23-26-8-4-10-27(20-26)31(40)35-22-25-11-13-28(34)14-12-25/h1-14,20-21H,15-19,22-23H2,(H,35,40)/b9-5+. The topological polar surface area (TPSA) is 61.4 Å². The molecule has 0 spiro atoms. The molecule has 0 bridgehead atoms. The zero-order valence-electron chi connectivity index (χ0n) is 22.5. The van der Waals surface area contributed by atoms with Crippen LogP contribution in [0.5, 0.6) is 0 Å². The minimum Gasteiger partial charge on any atom is -0.354 e. The molecule has 6 nitrogen and oxygen atoms in total. The van der Waals surface area contributed by atoms with E-state index in [0.29, 0.717) is 28.2 Å². The summed E-state index contributed by atoms with van der Waals surface area (Å²) in [6.07, 6.45) is 4.38. The van der Waals surface area contributed by atoms with E-state index in [4.69, 9.17) is 16.6 Å².